The minimum absolute atomic E-state index is 0.0152. The Labute approximate surface area is 211 Å². The summed E-state index contributed by atoms with van der Waals surface area (Å²) in [4.78, 5) is 14.2. The summed E-state index contributed by atoms with van der Waals surface area (Å²) in [6.45, 7) is 10.3. The van der Waals surface area contributed by atoms with Crippen molar-refractivity contribution in [2.45, 2.75) is 76.2 Å². The van der Waals surface area contributed by atoms with Crippen LogP contribution in [-0.2, 0) is 10.3 Å². The summed E-state index contributed by atoms with van der Waals surface area (Å²) in [5.74, 6) is 3.15. The fraction of sp³-hybridized carbons (Fsp3) is 0.464. The fourth-order valence-electron chi connectivity index (χ4n) is 5.27. The number of aliphatic hydroxyl groups excluding tert-OH is 1. The highest BCUT2D eigenvalue weighted by Gasteiger charge is 2.41. The minimum atomic E-state index is -0.495. The highest BCUT2D eigenvalue weighted by Crippen LogP contribution is 2.46. The molecule has 2 aliphatic carbocycles. The van der Waals surface area contributed by atoms with Gasteiger partial charge in [-0.25, -0.2) is 15.0 Å². The maximum Gasteiger partial charge on any atom is 0.223 e. The molecule has 3 aromatic rings. The maximum atomic E-state index is 9.67. The predicted molar refractivity (Wildman–Crippen MR) is 139 cm³/mol. The standard InChI is InChI=1S/C28H33N5O3/c1-14-15(2)35-16(3)20-7-8-24(33-26(14)20)32-25-11-21-22(12-30-25)27(36-19-9-18(34)10-19)31-13-23(21)28(4,29)17-5-6-17/h7-8,11-15,17-19,34H,3,5-6,9-10,29H2,1-2,4H3,(H,30,32,33)/t14-,15-,18?,19?,28+/m0/s1. The molecule has 0 amide bonds. The van der Waals surface area contributed by atoms with Gasteiger partial charge in [-0.15, -0.1) is 0 Å². The van der Waals surface area contributed by atoms with Crippen LogP contribution < -0.4 is 15.8 Å². The van der Waals surface area contributed by atoms with Crippen molar-refractivity contribution in [3.05, 3.63) is 54.0 Å². The molecule has 0 spiro atoms. The van der Waals surface area contributed by atoms with Crippen molar-refractivity contribution >= 4 is 28.2 Å². The van der Waals surface area contributed by atoms with Gasteiger partial charge >= 0.3 is 0 Å². The van der Waals surface area contributed by atoms with Gasteiger partial charge in [0.05, 0.1) is 17.2 Å². The van der Waals surface area contributed by atoms with E-state index in [2.05, 4.69) is 35.7 Å². The van der Waals surface area contributed by atoms with Crippen molar-refractivity contribution in [2.75, 3.05) is 5.32 Å². The SMILES string of the molecule is C=C1O[C@@H](C)[C@H](C)c2nc(Nc3cc4c([C@](C)(N)C5CC5)cnc(OC5CC(O)C5)c4cn3)ccc21. The van der Waals surface area contributed by atoms with Gasteiger partial charge in [-0.2, -0.15) is 0 Å². The molecule has 8 nitrogen and oxygen atoms in total. The van der Waals surface area contributed by atoms with Crippen LogP contribution in [0.2, 0.25) is 0 Å². The second kappa shape index (κ2) is 8.42. The van der Waals surface area contributed by atoms with Crippen molar-refractivity contribution in [1.29, 1.82) is 0 Å². The zero-order valence-electron chi connectivity index (χ0n) is 21.0. The molecule has 0 aromatic carbocycles. The van der Waals surface area contributed by atoms with Crippen molar-refractivity contribution < 1.29 is 14.6 Å². The van der Waals surface area contributed by atoms with Crippen LogP contribution in [0.1, 0.15) is 69.2 Å². The molecule has 2 fully saturated rings. The van der Waals surface area contributed by atoms with Gasteiger partial charge in [0.15, 0.2) is 0 Å². The zero-order valence-corrected chi connectivity index (χ0v) is 21.0. The van der Waals surface area contributed by atoms with Gasteiger partial charge < -0.3 is 25.6 Å². The number of rotatable bonds is 6. The molecular formula is C28H33N5O3. The normalized spacial score (nSPS) is 27.0. The van der Waals surface area contributed by atoms with Gasteiger partial charge in [0, 0.05) is 42.3 Å². The van der Waals surface area contributed by atoms with Crippen molar-refractivity contribution in [3.63, 3.8) is 0 Å². The molecule has 0 bridgehead atoms. The monoisotopic (exact) mass is 487 g/mol. The first-order valence-electron chi connectivity index (χ1n) is 12.8. The topological polar surface area (TPSA) is 115 Å². The van der Waals surface area contributed by atoms with Gasteiger partial charge in [0.2, 0.25) is 5.88 Å². The van der Waals surface area contributed by atoms with Crippen LogP contribution in [0.5, 0.6) is 5.88 Å². The third-order valence-electron chi connectivity index (χ3n) is 8.03. The number of nitrogens with zero attached hydrogens (tertiary/aromatic N) is 3. The van der Waals surface area contributed by atoms with Crippen LogP contribution in [-0.4, -0.2) is 38.4 Å². The summed E-state index contributed by atoms with van der Waals surface area (Å²) >= 11 is 0. The molecule has 0 unspecified atom stereocenters. The Morgan fingerprint density at radius 3 is 2.64 bits per heavy atom. The summed E-state index contributed by atoms with van der Waals surface area (Å²) < 4.78 is 12.0. The van der Waals surface area contributed by atoms with Gasteiger partial charge in [0.25, 0.3) is 0 Å². The summed E-state index contributed by atoms with van der Waals surface area (Å²) in [6, 6.07) is 5.93. The summed E-state index contributed by atoms with van der Waals surface area (Å²) in [7, 11) is 0. The fourth-order valence-corrected chi connectivity index (χ4v) is 5.27. The van der Waals surface area contributed by atoms with Crippen LogP contribution in [0.25, 0.3) is 16.5 Å². The molecule has 3 aromatic heterocycles. The van der Waals surface area contributed by atoms with Crippen LogP contribution in [0, 0.1) is 5.92 Å². The van der Waals surface area contributed by atoms with E-state index in [4.69, 9.17) is 20.2 Å². The van der Waals surface area contributed by atoms with E-state index in [9.17, 15) is 5.11 Å². The molecular weight excluding hydrogens is 454 g/mol. The summed E-state index contributed by atoms with van der Waals surface area (Å²) in [6.07, 6.45) is 6.80. The molecule has 0 radical (unpaired) electrons. The van der Waals surface area contributed by atoms with Crippen LogP contribution in [0.3, 0.4) is 0 Å². The number of hydrogen-bond acceptors (Lipinski definition) is 8. The zero-order chi connectivity index (χ0) is 25.2. The lowest BCUT2D eigenvalue weighted by atomic mass is 9.86. The molecule has 1 aliphatic heterocycles. The Bertz CT molecular complexity index is 1350. The third kappa shape index (κ3) is 3.98. The maximum absolute atomic E-state index is 9.67. The lowest BCUT2D eigenvalue weighted by molar-refractivity contribution is -0.0120. The number of nitrogens with two attached hydrogens (primary N) is 1. The van der Waals surface area contributed by atoms with Gasteiger partial charge in [-0.1, -0.05) is 13.5 Å². The number of hydrogen-bond donors (Lipinski definition) is 3. The highest BCUT2D eigenvalue weighted by atomic mass is 16.5. The third-order valence-corrected chi connectivity index (χ3v) is 8.03. The smallest absolute Gasteiger partial charge is 0.223 e. The van der Waals surface area contributed by atoms with E-state index in [1.54, 1.807) is 6.20 Å². The Balaban J connectivity index is 1.37. The molecule has 3 aliphatic rings. The number of pyridine rings is 3. The van der Waals surface area contributed by atoms with E-state index in [-0.39, 0.29) is 24.2 Å². The van der Waals surface area contributed by atoms with Crippen molar-refractivity contribution in [1.82, 2.24) is 15.0 Å². The Morgan fingerprint density at radius 2 is 1.92 bits per heavy atom. The first-order chi connectivity index (χ1) is 17.2. The lowest BCUT2D eigenvalue weighted by Gasteiger charge is -2.32. The Morgan fingerprint density at radius 1 is 1.14 bits per heavy atom. The molecule has 2 saturated carbocycles. The average molecular weight is 488 g/mol. The molecule has 36 heavy (non-hydrogen) atoms. The van der Waals surface area contributed by atoms with E-state index >= 15 is 0 Å². The number of fused-ring (bicyclic) bond motifs is 2. The first kappa shape index (κ1) is 23.2. The van der Waals surface area contributed by atoms with Crippen LogP contribution in [0.4, 0.5) is 11.6 Å². The molecule has 0 saturated heterocycles. The Kier molecular flexibility index (Phi) is 5.42. The number of aromatic nitrogens is 3. The van der Waals surface area contributed by atoms with Crippen molar-refractivity contribution in [2.24, 2.45) is 11.7 Å². The Hall–Kier alpha value is -3.23. The van der Waals surface area contributed by atoms with Gasteiger partial charge in [-0.3, -0.25) is 0 Å². The van der Waals surface area contributed by atoms with E-state index in [0.29, 0.717) is 42.0 Å². The number of ether oxygens (including phenoxy) is 2. The van der Waals surface area contributed by atoms with E-state index in [1.807, 2.05) is 31.3 Å². The molecule has 8 heteroatoms. The van der Waals surface area contributed by atoms with Crippen molar-refractivity contribution in [3.8, 4) is 5.88 Å². The van der Waals surface area contributed by atoms with Crippen LogP contribution in [0.15, 0.2) is 37.2 Å². The van der Waals surface area contributed by atoms with E-state index < -0.39 is 5.54 Å². The average Bonchev–Trinajstić information content (AvgIpc) is 3.68. The largest absolute Gasteiger partial charge is 0.490 e. The van der Waals surface area contributed by atoms with Gasteiger partial charge in [-0.05, 0) is 61.8 Å². The molecule has 4 N–H and O–H groups in total. The quantitative estimate of drug-likeness (QED) is 0.456. The summed E-state index contributed by atoms with van der Waals surface area (Å²) in [5, 5.41) is 14.8. The second-order valence-electron chi connectivity index (χ2n) is 10.8. The first-order valence-corrected chi connectivity index (χ1v) is 12.8. The highest BCUT2D eigenvalue weighted by molar-refractivity contribution is 5.91. The molecule has 188 valence electrons. The number of aliphatic hydroxyl groups is 1. The lowest BCUT2D eigenvalue weighted by Crippen LogP contribution is -2.38. The van der Waals surface area contributed by atoms with Crippen LogP contribution >= 0.6 is 0 Å². The molecule has 3 atom stereocenters. The van der Waals surface area contributed by atoms with E-state index in [0.717, 1.165) is 40.4 Å². The predicted octanol–water partition coefficient (Wildman–Crippen LogP) is 4.75. The van der Waals surface area contributed by atoms with E-state index in [1.165, 1.54) is 0 Å². The molecule has 6 rings (SSSR count). The molecule has 4 heterocycles. The number of nitrogens with one attached hydrogen (secondary N) is 1. The summed E-state index contributed by atoms with van der Waals surface area (Å²) in [5.41, 5.74) is 9.25. The minimum Gasteiger partial charge on any atom is -0.490 e. The second-order valence-corrected chi connectivity index (χ2v) is 10.8. The van der Waals surface area contributed by atoms with Gasteiger partial charge in [0.1, 0.15) is 29.6 Å². The number of anilines is 2.